The van der Waals surface area contributed by atoms with E-state index in [9.17, 15) is 13.9 Å². The molecule has 3 unspecified atom stereocenters. The molecule has 1 N–H and O–H groups in total. The van der Waals surface area contributed by atoms with Crippen LogP contribution in [-0.4, -0.2) is 16.6 Å². The molecule has 144 valence electrons. The van der Waals surface area contributed by atoms with Gasteiger partial charge >= 0.3 is 0 Å². The van der Waals surface area contributed by atoms with Gasteiger partial charge in [-0.1, -0.05) is 27.7 Å². The van der Waals surface area contributed by atoms with Crippen molar-refractivity contribution in [2.45, 2.75) is 97.0 Å². The summed E-state index contributed by atoms with van der Waals surface area (Å²) < 4.78 is 28.0. The average molecular weight is 355 g/mol. The van der Waals surface area contributed by atoms with Gasteiger partial charge in [0.15, 0.2) is 0 Å². The Hall–Kier alpha value is -0.180. The first-order valence-electron chi connectivity index (χ1n) is 10.6. The van der Waals surface area contributed by atoms with Gasteiger partial charge in [-0.05, 0) is 85.4 Å². The van der Waals surface area contributed by atoms with Crippen molar-refractivity contribution in [2.24, 2.45) is 40.4 Å². The fraction of sp³-hybridized carbons (Fsp3) is 1.00. The zero-order valence-corrected chi connectivity index (χ0v) is 16.5. The van der Waals surface area contributed by atoms with Gasteiger partial charge < -0.3 is 5.11 Å². The van der Waals surface area contributed by atoms with Crippen molar-refractivity contribution in [1.29, 1.82) is 0 Å². The van der Waals surface area contributed by atoms with Gasteiger partial charge in [-0.15, -0.1) is 0 Å². The minimum Gasteiger partial charge on any atom is -0.389 e. The van der Waals surface area contributed by atoms with Crippen molar-refractivity contribution in [3.63, 3.8) is 0 Å². The SMILES string of the molecule is CC(C)[C@]1(O)CCC2[C@@H]3CCC4CC(F)(F)CC[C@]4(C)C3CC[C@@]21C. The zero-order valence-electron chi connectivity index (χ0n) is 16.5. The molecule has 3 heteroatoms. The van der Waals surface area contributed by atoms with E-state index in [1.165, 1.54) is 0 Å². The van der Waals surface area contributed by atoms with Gasteiger partial charge in [-0.2, -0.15) is 0 Å². The maximum Gasteiger partial charge on any atom is 0.248 e. The van der Waals surface area contributed by atoms with Gasteiger partial charge in [0.1, 0.15) is 0 Å². The smallest absolute Gasteiger partial charge is 0.248 e. The van der Waals surface area contributed by atoms with Crippen LogP contribution in [0.25, 0.3) is 0 Å². The van der Waals surface area contributed by atoms with E-state index < -0.39 is 11.5 Å². The van der Waals surface area contributed by atoms with E-state index in [0.717, 1.165) is 38.5 Å². The lowest BCUT2D eigenvalue weighted by Gasteiger charge is -2.62. The van der Waals surface area contributed by atoms with Crippen LogP contribution in [0, 0.1) is 40.4 Å². The Morgan fingerprint density at radius 1 is 0.880 bits per heavy atom. The van der Waals surface area contributed by atoms with Crippen molar-refractivity contribution < 1.29 is 13.9 Å². The van der Waals surface area contributed by atoms with E-state index in [-0.39, 0.29) is 29.6 Å². The highest BCUT2D eigenvalue weighted by Crippen LogP contribution is 2.69. The molecule has 0 aromatic rings. The van der Waals surface area contributed by atoms with E-state index in [1.54, 1.807) is 0 Å². The van der Waals surface area contributed by atoms with Crippen LogP contribution in [0.2, 0.25) is 0 Å². The molecule has 4 aliphatic rings. The molecule has 4 fully saturated rings. The molecule has 25 heavy (non-hydrogen) atoms. The van der Waals surface area contributed by atoms with Crippen molar-refractivity contribution >= 4 is 0 Å². The van der Waals surface area contributed by atoms with Crippen LogP contribution < -0.4 is 0 Å². The fourth-order valence-electron chi connectivity index (χ4n) is 8.17. The van der Waals surface area contributed by atoms with Gasteiger partial charge in [-0.25, -0.2) is 8.78 Å². The number of aliphatic hydroxyl groups is 1. The summed E-state index contributed by atoms with van der Waals surface area (Å²) in [6.45, 7) is 9.00. The molecule has 0 amide bonds. The first-order chi connectivity index (χ1) is 11.5. The Kier molecular flexibility index (Phi) is 3.95. The van der Waals surface area contributed by atoms with Crippen molar-refractivity contribution in [2.75, 3.05) is 0 Å². The number of hydrogen-bond donors (Lipinski definition) is 1. The Morgan fingerprint density at radius 2 is 1.56 bits per heavy atom. The van der Waals surface area contributed by atoms with Gasteiger partial charge in [0.2, 0.25) is 5.92 Å². The van der Waals surface area contributed by atoms with Gasteiger partial charge in [0.25, 0.3) is 0 Å². The van der Waals surface area contributed by atoms with E-state index in [2.05, 4.69) is 27.7 Å². The molecule has 0 saturated heterocycles. The minimum atomic E-state index is -2.44. The van der Waals surface area contributed by atoms with Crippen LogP contribution in [0.1, 0.15) is 85.5 Å². The molecule has 0 heterocycles. The van der Waals surface area contributed by atoms with Crippen LogP contribution in [0.5, 0.6) is 0 Å². The summed E-state index contributed by atoms with van der Waals surface area (Å²) >= 11 is 0. The van der Waals surface area contributed by atoms with E-state index in [4.69, 9.17) is 0 Å². The van der Waals surface area contributed by atoms with E-state index in [0.29, 0.717) is 30.1 Å². The number of alkyl halides is 2. The molecule has 0 aliphatic heterocycles. The van der Waals surface area contributed by atoms with Crippen LogP contribution in [-0.2, 0) is 0 Å². The van der Waals surface area contributed by atoms with Crippen molar-refractivity contribution in [3.8, 4) is 0 Å². The first-order valence-corrected chi connectivity index (χ1v) is 10.6. The molecule has 0 radical (unpaired) electrons. The topological polar surface area (TPSA) is 20.2 Å². The summed E-state index contributed by atoms with van der Waals surface area (Å²) in [7, 11) is 0. The third-order valence-corrected chi connectivity index (χ3v) is 9.81. The van der Waals surface area contributed by atoms with Crippen LogP contribution >= 0.6 is 0 Å². The van der Waals surface area contributed by atoms with Gasteiger partial charge in [0, 0.05) is 12.8 Å². The molecule has 4 saturated carbocycles. The molecule has 0 bridgehead atoms. The lowest BCUT2D eigenvalue weighted by molar-refractivity contribution is -0.186. The van der Waals surface area contributed by atoms with Crippen molar-refractivity contribution in [1.82, 2.24) is 0 Å². The molecule has 1 nitrogen and oxygen atoms in total. The third-order valence-electron chi connectivity index (χ3n) is 9.81. The highest BCUT2D eigenvalue weighted by Gasteiger charge is 2.65. The molecule has 0 aromatic carbocycles. The predicted octanol–water partition coefficient (Wildman–Crippen LogP) is 6.05. The van der Waals surface area contributed by atoms with E-state index in [1.807, 2.05) is 0 Å². The lowest BCUT2D eigenvalue weighted by Crippen LogP contribution is -2.58. The first kappa shape index (κ1) is 18.2. The number of hydrogen-bond acceptors (Lipinski definition) is 1. The summed E-state index contributed by atoms with van der Waals surface area (Å²) in [6.07, 6.45) is 7.23. The largest absolute Gasteiger partial charge is 0.389 e. The monoisotopic (exact) mass is 354 g/mol. The Bertz CT molecular complexity index is 546. The zero-order chi connectivity index (χ0) is 18.3. The molecular weight excluding hydrogens is 318 g/mol. The fourth-order valence-corrected chi connectivity index (χ4v) is 8.17. The highest BCUT2D eigenvalue weighted by atomic mass is 19.3. The Labute approximate surface area is 152 Å². The summed E-state index contributed by atoms with van der Waals surface area (Å²) in [5.41, 5.74) is -0.422. The molecule has 7 atom stereocenters. The summed E-state index contributed by atoms with van der Waals surface area (Å²) in [5, 5.41) is 11.5. The summed E-state index contributed by atoms with van der Waals surface area (Å²) in [4.78, 5) is 0. The number of halogens is 2. The standard InChI is InChI=1S/C22H36F2O/c1-14(2)22(25)10-8-18-16-6-5-15-13-21(23,24)12-11-19(15,3)17(16)7-9-20(18,22)4/h14-18,25H,5-13H2,1-4H3/t15?,16-,17?,18?,19+,20+,22-/m1/s1. The molecular formula is C22H36F2O. The van der Waals surface area contributed by atoms with Crippen LogP contribution in [0.4, 0.5) is 8.78 Å². The second-order valence-electron chi connectivity index (χ2n) is 10.8. The van der Waals surface area contributed by atoms with Crippen molar-refractivity contribution in [3.05, 3.63) is 0 Å². The minimum absolute atomic E-state index is 0.0180. The molecule has 0 spiro atoms. The van der Waals surface area contributed by atoms with Gasteiger partial charge in [0.05, 0.1) is 5.60 Å². The number of fused-ring (bicyclic) bond motifs is 5. The van der Waals surface area contributed by atoms with Crippen LogP contribution in [0.15, 0.2) is 0 Å². The van der Waals surface area contributed by atoms with E-state index >= 15 is 0 Å². The third kappa shape index (κ3) is 2.33. The predicted molar refractivity (Wildman–Crippen MR) is 96.5 cm³/mol. The quantitative estimate of drug-likeness (QED) is 0.607. The lowest BCUT2D eigenvalue weighted by atomic mass is 9.44. The number of rotatable bonds is 1. The summed E-state index contributed by atoms with van der Waals surface area (Å²) in [5.74, 6) is -0.134. The molecule has 4 aliphatic carbocycles. The maximum atomic E-state index is 14.0. The molecule has 4 rings (SSSR count). The maximum absolute atomic E-state index is 14.0. The Morgan fingerprint density at radius 3 is 2.24 bits per heavy atom. The second-order valence-corrected chi connectivity index (χ2v) is 10.8. The average Bonchev–Trinajstić information content (AvgIpc) is 2.81. The Balaban J connectivity index is 1.63. The summed E-state index contributed by atoms with van der Waals surface area (Å²) in [6, 6.07) is 0. The highest BCUT2D eigenvalue weighted by molar-refractivity contribution is 5.15. The van der Waals surface area contributed by atoms with Crippen LogP contribution in [0.3, 0.4) is 0 Å². The second kappa shape index (κ2) is 5.42. The van der Waals surface area contributed by atoms with Gasteiger partial charge in [-0.3, -0.25) is 0 Å². The molecule has 0 aromatic heterocycles. The normalized spacial score (nSPS) is 54.7.